The van der Waals surface area contributed by atoms with Gasteiger partial charge in [0.05, 0.1) is 11.4 Å². The predicted octanol–water partition coefficient (Wildman–Crippen LogP) is 2.10. The van der Waals surface area contributed by atoms with Crippen molar-refractivity contribution in [3.05, 3.63) is 29.6 Å². The van der Waals surface area contributed by atoms with Crippen LogP contribution in [-0.4, -0.2) is 25.2 Å². The number of rotatable bonds is 5. The van der Waals surface area contributed by atoms with Gasteiger partial charge in [-0.1, -0.05) is 25.9 Å². The van der Waals surface area contributed by atoms with E-state index in [2.05, 4.69) is 9.88 Å². The summed E-state index contributed by atoms with van der Waals surface area (Å²) in [5.74, 6) is -1.07. The lowest BCUT2D eigenvalue weighted by Gasteiger charge is -2.18. The van der Waals surface area contributed by atoms with Crippen LogP contribution in [0.5, 0.6) is 0 Å². The van der Waals surface area contributed by atoms with Gasteiger partial charge >= 0.3 is 0 Å². The van der Waals surface area contributed by atoms with E-state index in [1.807, 2.05) is 20.8 Å². The third kappa shape index (κ3) is 5.58. The van der Waals surface area contributed by atoms with Crippen molar-refractivity contribution < 1.29 is 18.0 Å². The van der Waals surface area contributed by atoms with Gasteiger partial charge in [0, 0.05) is 5.56 Å². The molecule has 8 heteroatoms. The molecule has 0 aliphatic carbocycles. The van der Waals surface area contributed by atoms with Crippen molar-refractivity contribution in [1.82, 2.24) is 0 Å². The summed E-state index contributed by atoms with van der Waals surface area (Å²) in [4.78, 5) is 0. The maximum Gasteiger partial charge on any atom is 0.232 e. The van der Waals surface area contributed by atoms with Gasteiger partial charge in [-0.15, -0.1) is 0 Å². The Morgan fingerprint density at radius 2 is 2.05 bits per heavy atom. The van der Waals surface area contributed by atoms with E-state index < -0.39 is 15.8 Å². The molecule has 0 saturated heterocycles. The Morgan fingerprint density at radius 1 is 1.43 bits per heavy atom. The van der Waals surface area contributed by atoms with Crippen LogP contribution in [0.1, 0.15) is 32.8 Å². The number of nitrogens with one attached hydrogen (secondary N) is 1. The quantitative estimate of drug-likeness (QED) is 0.335. The van der Waals surface area contributed by atoms with Crippen LogP contribution >= 0.6 is 0 Å². The summed E-state index contributed by atoms with van der Waals surface area (Å²) in [7, 11) is -3.61. The van der Waals surface area contributed by atoms with Crippen LogP contribution in [0.4, 0.5) is 10.1 Å². The molecule has 0 radical (unpaired) electrons. The molecule has 0 aliphatic rings. The first-order chi connectivity index (χ1) is 9.54. The van der Waals surface area contributed by atoms with Crippen molar-refractivity contribution in [3.63, 3.8) is 0 Å². The molecule has 4 N–H and O–H groups in total. The van der Waals surface area contributed by atoms with Crippen LogP contribution in [-0.2, 0) is 10.0 Å². The molecule has 1 aromatic rings. The highest BCUT2D eigenvalue weighted by atomic mass is 32.2. The molecule has 0 aliphatic heterocycles. The van der Waals surface area contributed by atoms with Crippen LogP contribution in [0.15, 0.2) is 23.4 Å². The predicted molar refractivity (Wildman–Crippen MR) is 80.4 cm³/mol. The highest BCUT2D eigenvalue weighted by molar-refractivity contribution is 7.92. The first-order valence-electron chi connectivity index (χ1n) is 6.32. The van der Waals surface area contributed by atoms with Gasteiger partial charge in [-0.3, -0.25) is 4.72 Å². The van der Waals surface area contributed by atoms with E-state index >= 15 is 0 Å². The zero-order chi connectivity index (χ0) is 16.3. The van der Waals surface area contributed by atoms with E-state index in [0.717, 1.165) is 12.1 Å². The van der Waals surface area contributed by atoms with Crippen molar-refractivity contribution in [1.29, 1.82) is 0 Å². The Balaban J connectivity index is 3.02. The lowest BCUT2D eigenvalue weighted by Crippen LogP contribution is -2.23. The largest absolute Gasteiger partial charge is 0.409 e. The standard InChI is InChI=1S/C13H20FN3O3S/c1-13(2,3)6-7-21(19,20)17-11-5-4-9(14)8-10(11)12(15)16-18/h4-5,8,17-18H,6-7H2,1-3H3,(H2,15,16). The van der Waals surface area contributed by atoms with Crippen LogP contribution in [0, 0.1) is 11.2 Å². The molecule has 0 amide bonds. The SMILES string of the molecule is CC(C)(C)CCS(=O)(=O)Nc1ccc(F)cc1/C(N)=N/O. The molecule has 0 heterocycles. The molecule has 1 aromatic carbocycles. The zero-order valence-corrected chi connectivity index (χ0v) is 13.0. The maximum absolute atomic E-state index is 13.2. The molecule has 0 bridgehead atoms. The highest BCUT2D eigenvalue weighted by Gasteiger charge is 2.19. The number of benzene rings is 1. The summed E-state index contributed by atoms with van der Waals surface area (Å²) in [6, 6.07) is 3.32. The Labute approximate surface area is 123 Å². The van der Waals surface area contributed by atoms with E-state index in [-0.39, 0.29) is 28.3 Å². The lowest BCUT2D eigenvalue weighted by atomic mass is 9.94. The second-order valence-corrected chi connectivity index (χ2v) is 7.75. The molecular weight excluding hydrogens is 297 g/mol. The summed E-state index contributed by atoms with van der Waals surface area (Å²) in [5.41, 5.74) is 5.34. The Kier molecular flexibility index (Phi) is 5.16. The van der Waals surface area contributed by atoms with Gasteiger partial charge in [0.15, 0.2) is 5.84 Å². The number of amidine groups is 1. The monoisotopic (exact) mass is 317 g/mol. The number of hydrogen-bond acceptors (Lipinski definition) is 4. The summed E-state index contributed by atoms with van der Waals surface area (Å²) >= 11 is 0. The van der Waals surface area contributed by atoms with Crippen LogP contribution in [0.2, 0.25) is 0 Å². The molecule has 1 rings (SSSR count). The van der Waals surface area contributed by atoms with E-state index in [9.17, 15) is 12.8 Å². The van der Waals surface area contributed by atoms with Crippen LogP contribution < -0.4 is 10.5 Å². The van der Waals surface area contributed by atoms with Crippen molar-refractivity contribution >= 4 is 21.5 Å². The minimum Gasteiger partial charge on any atom is -0.409 e. The van der Waals surface area contributed by atoms with Gasteiger partial charge in [0.1, 0.15) is 5.82 Å². The molecule has 0 aromatic heterocycles. The number of nitrogens with two attached hydrogens (primary N) is 1. The third-order valence-electron chi connectivity index (χ3n) is 2.75. The summed E-state index contributed by atoms with van der Waals surface area (Å²) < 4.78 is 39.6. The van der Waals surface area contributed by atoms with Gasteiger partial charge in [0.25, 0.3) is 0 Å². The second-order valence-electron chi connectivity index (χ2n) is 5.91. The van der Waals surface area contributed by atoms with Gasteiger partial charge in [-0.2, -0.15) is 0 Å². The number of halogens is 1. The fourth-order valence-corrected chi connectivity index (χ4v) is 3.03. The molecule has 0 atom stereocenters. The number of sulfonamides is 1. The molecule has 118 valence electrons. The summed E-state index contributed by atoms with van der Waals surface area (Å²) in [6.45, 7) is 5.80. The molecule has 0 spiro atoms. The van der Waals surface area contributed by atoms with E-state index in [0.29, 0.717) is 6.42 Å². The maximum atomic E-state index is 13.2. The van der Waals surface area contributed by atoms with E-state index in [1.54, 1.807) is 0 Å². The van der Waals surface area contributed by atoms with Gasteiger partial charge in [-0.05, 0) is 30.0 Å². The number of nitrogens with zero attached hydrogens (tertiary/aromatic N) is 1. The fraction of sp³-hybridized carbons (Fsp3) is 0.462. The van der Waals surface area contributed by atoms with E-state index in [1.165, 1.54) is 6.07 Å². The summed E-state index contributed by atoms with van der Waals surface area (Å²) in [6.07, 6.45) is 0.461. The Bertz CT molecular complexity index is 637. The van der Waals surface area contributed by atoms with Gasteiger partial charge < -0.3 is 10.9 Å². The topological polar surface area (TPSA) is 105 Å². The van der Waals surface area contributed by atoms with Crippen molar-refractivity contribution in [3.8, 4) is 0 Å². The molecule has 21 heavy (non-hydrogen) atoms. The number of anilines is 1. The van der Waals surface area contributed by atoms with Gasteiger partial charge in [0.2, 0.25) is 10.0 Å². The average Bonchev–Trinajstić information content (AvgIpc) is 2.37. The lowest BCUT2D eigenvalue weighted by molar-refractivity contribution is 0.318. The molecule has 0 unspecified atom stereocenters. The minimum absolute atomic E-state index is 0.0168. The second kappa shape index (κ2) is 6.30. The molecule has 0 saturated carbocycles. The minimum atomic E-state index is -3.61. The normalized spacial score (nSPS) is 13.2. The highest BCUT2D eigenvalue weighted by Crippen LogP contribution is 2.22. The Hall–Kier alpha value is -1.83. The molecule has 6 nitrogen and oxygen atoms in total. The molecule has 0 fully saturated rings. The smallest absolute Gasteiger partial charge is 0.232 e. The van der Waals surface area contributed by atoms with Crippen LogP contribution in [0.3, 0.4) is 0 Å². The average molecular weight is 317 g/mol. The van der Waals surface area contributed by atoms with Crippen molar-refractivity contribution in [2.45, 2.75) is 27.2 Å². The van der Waals surface area contributed by atoms with E-state index in [4.69, 9.17) is 10.9 Å². The first-order valence-corrected chi connectivity index (χ1v) is 7.97. The molecular formula is C13H20FN3O3S. The Morgan fingerprint density at radius 3 is 2.57 bits per heavy atom. The summed E-state index contributed by atoms with van der Waals surface area (Å²) in [5, 5.41) is 11.4. The van der Waals surface area contributed by atoms with Crippen molar-refractivity contribution in [2.75, 3.05) is 10.5 Å². The fourth-order valence-electron chi connectivity index (χ4n) is 1.53. The third-order valence-corrected chi connectivity index (χ3v) is 4.02. The number of oxime groups is 1. The first kappa shape index (κ1) is 17.2. The van der Waals surface area contributed by atoms with Gasteiger partial charge in [-0.25, -0.2) is 12.8 Å². The van der Waals surface area contributed by atoms with Crippen molar-refractivity contribution in [2.24, 2.45) is 16.3 Å². The van der Waals surface area contributed by atoms with Crippen LogP contribution in [0.25, 0.3) is 0 Å². The number of hydrogen-bond donors (Lipinski definition) is 3. The zero-order valence-electron chi connectivity index (χ0n) is 12.2.